The lowest BCUT2D eigenvalue weighted by Crippen LogP contribution is -1.96. The predicted octanol–water partition coefficient (Wildman–Crippen LogP) is 2.26. The molecule has 1 aromatic rings. The lowest BCUT2D eigenvalue weighted by atomic mass is 10.2. The van der Waals surface area contributed by atoms with Gasteiger partial charge >= 0.3 is 0 Å². The first-order valence-electron chi connectivity index (χ1n) is 3.30. The molecule has 4 nitrogen and oxygen atoms in total. The van der Waals surface area contributed by atoms with Crippen molar-refractivity contribution in [3.8, 4) is 0 Å². The molecule has 0 aliphatic carbocycles. The zero-order valence-electron chi connectivity index (χ0n) is 6.67. The predicted molar refractivity (Wildman–Crippen MR) is 45.4 cm³/mol. The van der Waals surface area contributed by atoms with Gasteiger partial charge in [0.25, 0.3) is 5.69 Å². The largest absolute Gasteiger partial charge is 0.294 e. The minimum atomic E-state index is -0.494. The number of aryl methyl sites for hydroxylation is 2. The Balaban J connectivity index is 3.43. The van der Waals surface area contributed by atoms with Gasteiger partial charge in [-0.25, -0.2) is 0 Å². The van der Waals surface area contributed by atoms with Gasteiger partial charge in [-0.15, -0.1) is 0 Å². The molecule has 0 unspecified atom stereocenters. The lowest BCUT2D eigenvalue weighted by molar-refractivity contribution is -0.385. The summed E-state index contributed by atoms with van der Waals surface area (Å²) >= 11 is 5.69. The molecule has 1 heterocycles. The molecule has 0 bridgehead atoms. The zero-order chi connectivity index (χ0) is 9.30. The summed E-state index contributed by atoms with van der Waals surface area (Å²) in [6, 6.07) is 0. The molecule has 12 heavy (non-hydrogen) atoms. The Morgan fingerprint density at radius 2 is 2.17 bits per heavy atom. The molecule has 0 aliphatic heterocycles. The van der Waals surface area contributed by atoms with E-state index in [4.69, 9.17) is 11.6 Å². The topological polar surface area (TPSA) is 56.0 Å². The summed E-state index contributed by atoms with van der Waals surface area (Å²) in [5.41, 5.74) is 0.911. The van der Waals surface area contributed by atoms with Gasteiger partial charge in [-0.05, 0) is 13.8 Å². The van der Waals surface area contributed by atoms with Crippen LogP contribution in [-0.4, -0.2) is 9.91 Å². The highest BCUT2D eigenvalue weighted by atomic mass is 35.5. The molecule has 0 aromatic carbocycles. The third-order valence-corrected chi connectivity index (χ3v) is 1.99. The quantitative estimate of drug-likeness (QED) is 0.499. The van der Waals surface area contributed by atoms with Crippen LogP contribution < -0.4 is 0 Å². The van der Waals surface area contributed by atoms with Crippen molar-refractivity contribution in [2.45, 2.75) is 13.8 Å². The average Bonchev–Trinajstić information content (AvgIpc) is 1.97. The van der Waals surface area contributed by atoms with Gasteiger partial charge in [-0.2, -0.15) is 0 Å². The normalized spacial score (nSPS) is 9.92. The molecule has 64 valence electrons. The van der Waals surface area contributed by atoms with Gasteiger partial charge < -0.3 is 0 Å². The minimum Gasteiger partial charge on any atom is -0.259 e. The average molecular weight is 187 g/mol. The smallest absolute Gasteiger partial charge is 0.259 e. The molecule has 1 rings (SSSR count). The van der Waals surface area contributed by atoms with Crippen LogP contribution in [0, 0.1) is 24.0 Å². The van der Waals surface area contributed by atoms with E-state index in [0.29, 0.717) is 11.3 Å². The number of nitro groups is 1. The third-order valence-electron chi connectivity index (χ3n) is 1.53. The zero-order valence-corrected chi connectivity index (χ0v) is 7.42. The maximum Gasteiger partial charge on any atom is 0.294 e. The van der Waals surface area contributed by atoms with Crippen molar-refractivity contribution in [1.29, 1.82) is 0 Å². The van der Waals surface area contributed by atoms with Gasteiger partial charge in [-0.3, -0.25) is 15.1 Å². The Hall–Kier alpha value is -1.16. The van der Waals surface area contributed by atoms with Gasteiger partial charge in [0, 0.05) is 11.8 Å². The van der Waals surface area contributed by atoms with Crippen LogP contribution in [-0.2, 0) is 0 Å². The summed E-state index contributed by atoms with van der Waals surface area (Å²) in [6.45, 7) is 3.24. The van der Waals surface area contributed by atoms with Crippen molar-refractivity contribution in [2.24, 2.45) is 0 Å². The molecule has 0 radical (unpaired) electrons. The fourth-order valence-corrected chi connectivity index (χ4v) is 1.15. The Morgan fingerprint density at radius 3 is 2.58 bits per heavy atom. The van der Waals surface area contributed by atoms with E-state index in [1.165, 1.54) is 6.20 Å². The highest BCUT2D eigenvalue weighted by Gasteiger charge is 2.18. The van der Waals surface area contributed by atoms with Crippen molar-refractivity contribution in [3.05, 3.63) is 32.6 Å². The fraction of sp³-hybridized carbons (Fsp3) is 0.286. The second-order valence-electron chi connectivity index (χ2n) is 2.45. The van der Waals surface area contributed by atoms with E-state index in [9.17, 15) is 10.1 Å². The van der Waals surface area contributed by atoms with Crippen molar-refractivity contribution in [1.82, 2.24) is 4.98 Å². The second-order valence-corrected chi connectivity index (χ2v) is 2.82. The minimum absolute atomic E-state index is 0.0517. The van der Waals surface area contributed by atoms with Crippen LogP contribution in [0.3, 0.4) is 0 Å². The number of nitrogens with zero attached hydrogens (tertiary/aromatic N) is 2. The van der Waals surface area contributed by atoms with Crippen molar-refractivity contribution in [2.75, 3.05) is 0 Å². The van der Waals surface area contributed by atoms with Gasteiger partial charge in [0.15, 0.2) is 0 Å². The maximum atomic E-state index is 10.5. The second kappa shape index (κ2) is 3.06. The number of rotatable bonds is 1. The fourth-order valence-electron chi connectivity index (χ4n) is 0.880. The molecule has 5 heteroatoms. The molecule has 0 N–H and O–H groups in total. The first kappa shape index (κ1) is 8.93. The molecule has 0 fully saturated rings. The van der Waals surface area contributed by atoms with E-state index < -0.39 is 4.92 Å². The summed E-state index contributed by atoms with van der Waals surface area (Å²) in [7, 11) is 0. The van der Waals surface area contributed by atoms with Crippen molar-refractivity contribution in [3.63, 3.8) is 0 Å². The van der Waals surface area contributed by atoms with Gasteiger partial charge in [0.05, 0.1) is 10.6 Å². The van der Waals surface area contributed by atoms with E-state index in [2.05, 4.69) is 4.98 Å². The molecule has 1 aromatic heterocycles. The monoisotopic (exact) mass is 186 g/mol. The SMILES string of the molecule is Cc1cnc(C)c(Cl)c1[N+](=O)[O-]. The van der Waals surface area contributed by atoms with Crippen LogP contribution in [0.1, 0.15) is 11.3 Å². The maximum absolute atomic E-state index is 10.5. The Bertz CT molecular complexity index is 338. The first-order valence-corrected chi connectivity index (χ1v) is 3.68. The molecule has 0 saturated carbocycles. The third kappa shape index (κ3) is 1.38. The first-order chi connectivity index (χ1) is 5.54. The summed E-state index contributed by atoms with van der Waals surface area (Å²) in [5, 5.41) is 10.6. The highest BCUT2D eigenvalue weighted by Crippen LogP contribution is 2.28. The summed E-state index contributed by atoms with van der Waals surface area (Å²) in [6.07, 6.45) is 1.44. The van der Waals surface area contributed by atoms with E-state index in [0.717, 1.165) is 0 Å². The van der Waals surface area contributed by atoms with Crippen LogP contribution in [0.25, 0.3) is 0 Å². The van der Waals surface area contributed by atoms with Gasteiger partial charge in [0.1, 0.15) is 5.02 Å². The summed E-state index contributed by atoms with van der Waals surface area (Å²) in [4.78, 5) is 13.9. The van der Waals surface area contributed by atoms with Crippen molar-refractivity contribution >= 4 is 17.3 Å². The summed E-state index contributed by atoms with van der Waals surface area (Å²) < 4.78 is 0. The van der Waals surface area contributed by atoms with Crippen LogP contribution in [0.4, 0.5) is 5.69 Å². The Labute approximate surface area is 74.3 Å². The molecule has 0 aliphatic rings. The van der Waals surface area contributed by atoms with E-state index in [1.807, 2.05) is 0 Å². The van der Waals surface area contributed by atoms with Gasteiger partial charge in [-0.1, -0.05) is 11.6 Å². The number of hydrogen-bond acceptors (Lipinski definition) is 3. The van der Waals surface area contributed by atoms with Crippen molar-refractivity contribution < 1.29 is 4.92 Å². The van der Waals surface area contributed by atoms with Crippen LogP contribution in [0.5, 0.6) is 0 Å². The van der Waals surface area contributed by atoms with E-state index in [1.54, 1.807) is 13.8 Å². The number of aromatic nitrogens is 1. The Morgan fingerprint density at radius 1 is 1.58 bits per heavy atom. The summed E-state index contributed by atoms with van der Waals surface area (Å²) in [5.74, 6) is 0. The number of pyridine rings is 1. The van der Waals surface area contributed by atoms with Crippen LogP contribution in [0.2, 0.25) is 5.02 Å². The van der Waals surface area contributed by atoms with Gasteiger partial charge in [0.2, 0.25) is 0 Å². The highest BCUT2D eigenvalue weighted by molar-refractivity contribution is 6.33. The van der Waals surface area contributed by atoms with E-state index in [-0.39, 0.29) is 10.7 Å². The number of hydrogen-bond donors (Lipinski definition) is 0. The Kier molecular flexibility index (Phi) is 2.28. The standard InChI is InChI=1S/C7H7ClN2O2/c1-4-3-9-5(2)6(8)7(4)10(11)12/h3H,1-2H3. The number of halogens is 1. The van der Waals surface area contributed by atoms with Crippen LogP contribution in [0.15, 0.2) is 6.20 Å². The lowest BCUT2D eigenvalue weighted by Gasteiger charge is -2.00. The molecular weight excluding hydrogens is 180 g/mol. The molecule has 0 spiro atoms. The van der Waals surface area contributed by atoms with Crippen LogP contribution >= 0.6 is 11.6 Å². The molecule has 0 saturated heterocycles. The van der Waals surface area contributed by atoms with E-state index >= 15 is 0 Å². The molecule has 0 atom stereocenters. The molecule has 0 amide bonds. The molecular formula is C7H7ClN2O2.